The lowest BCUT2D eigenvalue weighted by Gasteiger charge is -2.33. The van der Waals surface area contributed by atoms with Crippen LogP contribution in [0.2, 0.25) is 0 Å². The van der Waals surface area contributed by atoms with E-state index in [9.17, 15) is 19.5 Å². The van der Waals surface area contributed by atoms with E-state index < -0.39 is 30.8 Å². The molecule has 2 aliphatic rings. The van der Waals surface area contributed by atoms with Crippen LogP contribution in [0.4, 0.5) is 4.79 Å². The second-order valence-electron chi connectivity index (χ2n) is 15.9. The van der Waals surface area contributed by atoms with Crippen LogP contribution in [0.1, 0.15) is 104 Å². The molecular formula is C38H63N3O7S. The van der Waals surface area contributed by atoms with Gasteiger partial charge in [-0.1, -0.05) is 66.0 Å². The fourth-order valence-electron chi connectivity index (χ4n) is 7.97. The number of nitrogens with zero attached hydrogens (tertiary/aromatic N) is 1. The summed E-state index contributed by atoms with van der Waals surface area (Å²) in [6.07, 6.45) is 7.17. The van der Waals surface area contributed by atoms with Gasteiger partial charge in [0.25, 0.3) is 0 Å². The summed E-state index contributed by atoms with van der Waals surface area (Å²) in [7, 11) is 1.60. The molecule has 1 saturated carbocycles. The van der Waals surface area contributed by atoms with E-state index in [1.165, 1.54) is 4.90 Å². The Morgan fingerprint density at radius 2 is 1.84 bits per heavy atom. The number of likely N-dealkylation sites (N-methyl/N-ethyl adjacent to an activating group) is 1. The third-order valence-electron chi connectivity index (χ3n) is 10.3. The van der Waals surface area contributed by atoms with Crippen molar-refractivity contribution in [2.75, 3.05) is 33.3 Å². The van der Waals surface area contributed by atoms with Gasteiger partial charge in [0.05, 0.1) is 6.10 Å². The fraction of sp³-hybridized carbons (Fsp3) is 0.763. The normalized spacial score (nSPS) is 21.7. The third kappa shape index (κ3) is 13.0. The van der Waals surface area contributed by atoms with Gasteiger partial charge in [0.15, 0.2) is 6.61 Å². The van der Waals surface area contributed by atoms with Crippen molar-refractivity contribution in [3.63, 3.8) is 0 Å². The first-order chi connectivity index (χ1) is 23.0. The molecule has 0 radical (unpaired) electrons. The fourth-order valence-corrected chi connectivity index (χ4v) is 8.40. The average Bonchev–Trinajstić information content (AvgIpc) is 3.34. The second-order valence-corrected chi connectivity index (χ2v) is 17.1. The molecule has 3 rings (SSSR count). The van der Waals surface area contributed by atoms with Crippen LogP contribution in [-0.2, 0) is 27.2 Å². The number of rotatable bonds is 20. The Morgan fingerprint density at radius 1 is 1.10 bits per heavy atom. The molecule has 0 heterocycles. The van der Waals surface area contributed by atoms with Crippen molar-refractivity contribution in [1.29, 1.82) is 0 Å². The lowest BCUT2D eigenvalue weighted by atomic mass is 9.73. The predicted octanol–water partition coefficient (Wildman–Crippen LogP) is 5.88. The molecule has 0 saturated heterocycles. The Hall–Kier alpha value is -2.50. The SMILES string of the molecule is CCCCCC(O)CCC1C(OC(=O)N(C)C(C)C(=O)NCCNCC(C)(C)CC(C)(C)S)CC2Cc3c(cccc3OCC(=O)O)CC21. The molecule has 0 aromatic heterocycles. The summed E-state index contributed by atoms with van der Waals surface area (Å²) in [5.41, 5.74) is 2.23. The van der Waals surface area contributed by atoms with Gasteiger partial charge in [0.2, 0.25) is 5.91 Å². The van der Waals surface area contributed by atoms with E-state index >= 15 is 0 Å². The van der Waals surface area contributed by atoms with Crippen molar-refractivity contribution in [2.24, 2.45) is 23.2 Å². The molecule has 1 aromatic carbocycles. The summed E-state index contributed by atoms with van der Waals surface area (Å²) < 4.78 is 11.8. The number of fused-ring (bicyclic) bond motifs is 2. The van der Waals surface area contributed by atoms with Gasteiger partial charge in [-0.15, -0.1) is 0 Å². The minimum Gasteiger partial charge on any atom is -0.482 e. The Bertz CT molecular complexity index is 1240. The summed E-state index contributed by atoms with van der Waals surface area (Å²) in [5.74, 6) is -0.120. The van der Waals surface area contributed by atoms with E-state index in [0.29, 0.717) is 38.1 Å². The van der Waals surface area contributed by atoms with Gasteiger partial charge in [-0.2, -0.15) is 12.6 Å². The summed E-state index contributed by atoms with van der Waals surface area (Å²) in [6.45, 7) is 13.9. The first kappa shape index (κ1) is 40.9. The molecule has 1 fully saturated rings. The molecule has 0 bridgehead atoms. The molecule has 6 unspecified atom stereocenters. The molecule has 2 aliphatic carbocycles. The molecule has 1 aromatic rings. The highest BCUT2D eigenvalue weighted by Crippen LogP contribution is 2.49. The zero-order valence-electron chi connectivity index (χ0n) is 30.9. The number of ether oxygens (including phenoxy) is 2. The molecule has 0 spiro atoms. The number of carbonyl (C=O) groups excluding carboxylic acids is 2. The smallest absolute Gasteiger partial charge is 0.410 e. The van der Waals surface area contributed by atoms with Gasteiger partial charge in [0, 0.05) is 31.4 Å². The van der Waals surface area contributed by atoms with Crippen molar-refractivity contribution in [1.82, 2.24) is 15.5 Å². The quantitative estimate of drug-likeness (QED) is 0.0839. The monoisotopic (exact) mass is 705 g/mol. The number of carboxylic acids is 1. The molecule has 2 amide bonds. The maximum Gasteiger partial charge on any atom is 0.410 e. The number of aliphatic carboxylic acids is 1. The number of unbranched alkanes of at least 4 members (excludes halogenated alkanes) is 2. The van der Waals surface area contributed by atoms with Crippen LogP contribution >= 0.6 is 12.6 Å². The second kappa shape index (κ2) is 18.7. The van der Waals surface area contributed by atoms with E-state index in [-0.39, 0.29) is 39.9 Å². The lowest BCUT2D eigenvalue weighted by Crippen LogP contribution is -2.48. The number of amides is 2. The maximum atomic E-state index is 13.5. The van der Waals surface area contributed by atoms with E-state index in [0.717, 1.165) is 62.6 Å². The molecule has 10 nitrogen and oxygen atoms in total. The molecule has 11 heteroatoms. The Morgan fingerprint density at radius 3 is 2.51 bits per heavy atom. The van der Waals surface area contributed by atoms with E-state index in [4.69, 9.17) is 14.6 Å². The predicted molar refractivity (Wildman–Crippen MR) is 196 cm³/mol. The van der Waals surface area contributed by atoms with E-state index in [1.54, 1.807) is 14.0 Å². The number of nitrogens with one attached hydrogen (secondary N) is 2. The highest BCUT2D eigenvalue weighted by atomic mass is 32.1. The number of aliphatic hydroxyl groups excluding tert-OH is 1. The van der Waals surface area contributed by atoms with Crippen molar-refractivity contribution in [3.8, 4) is 5.75 Å². The molecule has 0 aliphatic heterocycles. The molecule has 6 atom stereocenters. The van der Waals surface area contributed by atoms with Crippen molar-refractivity contribution >= 4 is 30.6 Å². The number of hydrogen-bond acceptors (Lipinski definition) is 8. The molecular weight excluding hydrogens is 642 g/mol. The average molecular weight is 706 g/mol. The van der Waals surface area contributed by atoms with Gasteiger partial charge in [-0.3, -0.25) is 9.69 Å². The number of aliphatic hydroxyl groups is 1. The molecule has 49 heavy (non-hydrogen) atoms. The van der Waals surface area contributed by atoms with Gasteiger partial charge in [-0.25, -0.2) is 9.59 Å². The zero-order valence-corrected chi connectivity index (χ0v) is 31.8. The Labute approximate surface area is 299 Å². The van der Waals surface area contributed by atoms with Crippen molar-refractivity contribution in [2.45, 2.75) is 129 Å². The lowest BCUT2D eigenvalue weighted by molar-refractivity contribution is -0.139. The minimum atomic E-state index is -1.02. The van der Waals surface area contributed by atoms with Gasteiger partial charge in [0.1, 0.15) is 17.9 Å². The highest BCUT2D eigenvalue weighted by Gasteiger charge is 2.47. The van der Waals surface area contributed by atoms with Gasteiger partial charge < -0.3 is 30.3 Å². The number of carbonyl (C=O) groups is 3. The molecule has 278 valence electrons. The summed E-state index contributed by atoms with van der Waals surface area (Å²) in [4.78, 5) is 39.1. The van der Waals surface area contributed by atoms with Crippen molar-refractivity contribution < 1.29 is 34.1 Å². The van der Waals surface area contributed by atoms with Crippen LogP contribution in [0, 0.1) is 23.2 Å². The van der Waals surface area contributed by atoms with Gasteiger partial charge >= 0.3 is 12.1 Å². The van der Waals surface area contributed by atoms with Crippen LogP contribution in [0.25, 0.3) is 0 Å². The standard InChI is InChI=1S/C38H63N3O7S/c1-8-9-10-13-28(42)15-16-29-30-19-26-12-11-14-32(47-22-34(43)44)31(26)20-27(30)21-33(29)48-36(46)41(7)25(2)35(45)40-18-17-39-24-37(3,4)23-38(5,6)49/h11-12,14,25,27-30,33,39,42,49H,8-10,13,15-24H2,1-7H3,(H,40,45)(H,43,44). The van der Waals surface area contributed by atoms with Crippen molar-refractivity contribution in [3.05, 3.63) is 29.3 Å². The highest BCUT2D eigenvalue weighted by molar-refractivity contribution is 7.81. The first-order valence-corrected chi connectivity index (χ1v) is 18.7. The first-order valence-electron chi connectivity index (χ1n) is 18.3. The van der Waals surface area contributed by atoms with Crippen LogP contribution < -0.4 is 15.4 Å². The van der Waals surface area contributed by atoms with Crippen LogP contribution in [-0.4, -0.2) is 89.4 Å². The maximum absolute atomic E-state index is 13.5. The topological polar surface area (TPSA) is 137 Å². The summed E-state index contributed by atoms with van der Waals surface area (Å²) >= 11 is 4.66. The number of hydrogen-bond donors (Lipinski definition) is 5. The number of carboxylic acid groups (broad SMARTS) is 1. The number of thiol groups is 1. The Balaban J connectivity index is 1.61. The van der Waals surface area contributed by atoms with Gasteiger partial charge in [-0.05, 0) is 92.2 Å². The van der Waals surface area contributed by atoms with E-state index in [2.05, 4.69) is 63.9 Å². The van der Waals surface area contributed by atoms with E-state index in [1.807, 2.05) is 12.1 Å². The summed E-state index contributed by atoms with van der Waals surface area (Å²) in [6, 6.07) is 5.08. The van der Waals surface area contributed by atoms with Crippen LogP contribution in [0.15, 0.2) is 18.2 Å². The third-order valence-corrected chi connectivity index (χ3v) is 10.4. The van der Waals surface area contributed by atoms with Crippen LogP contribution in [0.3, 0.4) is 0 Å². The number of benzene rings is 1. The Kier molecular flexibility index (Phi) is 15.6. The zero-order chi connectivity index (χ0) is 36.4. The largest absolute Gasteiger partial charge is 0.482 e. The minimum absolute atomic E-state index is 0.0625. The molecule has 4 N–H and O–H groups in total. The summed E-state index contributed by atoms with van der Waals surface area (Å²) in [5, 5.41) is 26.3. The van der Waals surface area contributed by atoms with Crippen LogP contribution in [0.5, 0.6) is 5.75 Å².